The van der Waals surface area contributed by atoms with Gasteiger partial charge in [0.1, 0.15) is 18.0 Å². The van der Waals surface area contributed by atoms with Crippen LogP contribution in [0, 0.1) is 0 Å². The predicted octanol–water partition coefficient (Wildman–Crippen LogP) is 1.34. The second-order valence-corrected chi connectivity index (χ2v) is 6.74. The van der Waals surface area contributed by atoms with Gasteiger partial charge in [-0.25, -0.2) is 0 Å². The lowest BCUT2D eigenvalue weighted by Crippen LogP contribution is -2.52. The van der Waals surface area contributed by atoms with Gasteiger partial charge in [-0.1, -0.05) is 24.3 Å². The van der Waals surface area contributed by atoms with Crippen molar-refractivity contribution >= 4 is 29.1 Å². The molecule has 0 bridgehead atoms. The van der Waals surface area contributed by atoms with Crippen molar-refractivity contribution in [3.63, 3.8) is 0 Å². The first kappa shape index (κ1) is 18.8. The first-order valence-electron chi connectivity index (χ1n) is 9.38. The summed E-state index contributed by atoms with van der Waals surface area (Å²) in [5.74, 6) is 0.206. The molecule has 2 aliphatic rings. The minimum absolute atomic E-state index is 0.0652. The lowest BCUT2D eigenvalue weighted by Gasteiger charge is -2.35. The lowest BCUT2D eigenvalue weighted by atomic mass is 10.1. The van der Waals surface area contributed by atoms with Crippen molar-refractivity contribution in [2.24, 2.45) is 0 Å². The van der Waals surface area contributed by atoms with Crippen molar-refractivity contribution in [1.82, 2.24) is 5.32 Å². The molecule has 0 saturated carbocycles. The van der Waals surface area contributed by atoms with E-state index in [1.807, 2.05) is 6.07 Å². The summed E-state index contributed by atoms with van der Waals surface area (Å²) in [6.07, 6.45) is -0.642. The third kappa shape index (κ3) is 3.61. The van der Waals surface area contributed by atoms with Gasteiger partial charge in [0.05, 0.1) is 30.9 Å². The molecule has 0 fully saturated rings. The third-order valence-corrected chi connectivity index (χ3v) is 4.94. The zero-order valence-electron chi connectivity index (χ0n) is 16.0. The van der Waals surface area contributed by atoms with Crippen LogP contribution in [0.3, 0.4) is 0 Å². The van der Waals surface area contributed by atoms with Crippen molar-refractivity contribution in [1.29, 1.82) is 0 Å². The minimum Gasteiger partial charge on any atom is -0.491 e. The number of amides is 3. The van der Waals surface area contributed by atoms with Crippen LogP contribution in [0.15, 0.2) is 48.5 Å². The molecule has 0 spiro atoms. The van der Waals surface area contributed by atoms with E-state index in [1.165, 1.54) is 16.8 Å². The van der Waals surface area contributed by atoms with Gasteiger partial charge in [0.25, 0.3) is 5.91 Å². The number of nitrogens with zero attached hydrogens (tertiary/aromatic N) is 2. The molecule has 8 heteroatoms. The van der Waals surface area contributed by atoms with E-state index in [4.69, 9.17) is 9.47 Å². The fourth-order valence-electron chi connectivity index (χ4n) is 3.48. The number of hydrogen-bond donors (Lipinski definition) is 1. The van der Waals surface area contributed by atoms with Crippen molar-refractivity contribution in [3.8, 4) is 11.5 Å². The molecule has 29 heavy (non-hydrogen) atoms. The van der Waals surface area contributed by atoms with E-state index >= 15 is 0 Å². The smallest absolute Gasteiger partial charge is 0.262 e. The average molecular weight is 395 g/mol. The number of hydrogen-bond acceptors (Lipinski definition) is 5. The largest absolute Gasteiger partial charge is 0.491 e. The number of para-hydroxylation sites is 4. The first-order valence-corrected chi connectivity index (χ1v) is 9.38. The maximum absolute atomic E-state index is 13.3. The number of carbonyl (C=O) groups is 3. The van der Waals surface area contributed by atoms with Gasteiger partial charge in [-0.15, -0.1) is 0 Å². The summed E-state index contributed by atoms with van der Waals surface area (Å²) in [4.78, 5) is 41.0. The highest BCUT2D eigenvalue weighted by molar-refractivity contribution is 6.06. The molecule has 1 N–H and O–H groups in total. The molecule has 8 nitrogen and oxygen atoms in total. The normalized spacial score (nSPS) is 18.0. The highest BCUT2D eigenvalue weighted by Crippen LogP contribution is 2.35. The van der Waals surface area contributed by atoms with E-state index in [2.05, 4.69) is 5.32 Å². The molecule has 0 saturated heterocycles. The number of anilines is 2. The van der Waals surface area contributed by atoms with Crippen LogP contribution < -0.4 is 24.6 Å². The fraction of sp³-hybridized carbons (Fsp3) is 0.286. The molecule has 3 amide bonds. The second kappa shape index (κ2) is 7.83. The number of carbonyl (C=O) groups excluding carboxylic acids is 3. The van der Waals surface area contributed by atoms with E-state index in [9.17, 15) is 14.4 Å². The van der Waals surface area contributed by atoms with Crippen molar-refractivity contribution < 1.29 is 23.9 Å². The Morgan fingerprint density at radius 3 is 2.52 bits per heavy atom. The first-order chi connectivity index (χ1) is 14.1. The van der Waals surface area contributed by atoms with Gasteiger partial charge in [0.2, 0.25) is 11.8 Å². The van der Waals surface area contributed by atoms with Crippen LogP contribution >= 0.6 is 0 Å². The SMILES string of the molecule is CNC(=O)[C@H]1CN(C(=O)CN2C(=O)CCOc3ccccc32)c2ccccc2O1. The van der Waals surface area contributed by atoms with E-state index < -0.39 is 6.10 Å². The second-order valence-electron chi connectivity index (χ2n) is 6.74. The average Bonchev–Trinajstić information content (AvgIpc) is 2.91. The van der Waals surface area contributed by atoms with Crippen LogP contribution in [0.1, 0.15) is 6.42 Å². The Hall–Kier alpha value is -3.55. The number of benzene rings is 2. The van der Waals surface area contributed by atoms with Gasteiger partial charge in [-0.3, -0.25) is 19.3 Å². The van der Waals surface area contributed by atoms with Crippen LogP contribution in [-0.4, -0.2) is 50.6 Å². The van der Waals surface area contributed by atoms with Crippen molar-refractivity contribution in [2.45, 2.75) is 12.5 Å². The zero-order valence-corrected chi connectivity index (χ0v) is 16.0. The standard InChI is InChI=1S/C21H21N3O5/c1-22-21(27)18-12-23(15-7-3-5-9-17(15)29-18)20(26)13-24-14-6-2-4-8-16(14)28-11-10-19(24)25/h2-9,18H,10-13H2,1H3,(H,22,27)/t18-/m1/s1. The topological polar surface area (TPSA) is 88.2 Å². The van der Waals surface area contributed by atoms with Crippen LogP contribution in [0.25, 0.3) is 0 Å². The third-order valence-electron chi connectivity index (χ3n) is 4.94. The molecule has 2 heterocycles. The monoisotopic (exact) mass is 395 g/mol. The summed E-state index contributed by atoms with van der Waals surface area (Å²) in [6, 6.07) is 14.2. The molecule has 0 aliphatic carbocycles. The highest BCUT2D eigenvalue weighted by Gasteiger charge is 2.35. The number of likely N-dealkylation sites (N-methyl/N-ethyl adjacent to an activating group) is 1. The molecule has 2 aromatic rings. The maximum Gasteiger partial charge on any atom is 0.262 e. The summed E-state index contributed by atoms with van der Waals surface area (Å²) in [5, 5.41) is 2.55. The molecule has 150 valence electrons. The van der Waals surface area contributed by atoms with Gasteiger partial charge in [0, 0.05) is 7.05 Å². The summed E-state index contributed by atoms with van der Waals surface area (Å²) in [7, 11) is 1.52. The molecular formula is C21H21N3O5. The van der Waals surface area contributed by atoms with E-state index in [0.717, 1.165) is 0 Å². The Balaban J connectivity index is 1.64. The van der Waals surface area contributed by atoms with E-state index in [0.29, 0.717) is 22.9 Å². The van der Waals surface area contributed by atoms with Crippen LogP contribution in [-0.2, 0) is 14.4 Å². The van der Waals surface area contributed by atoms with Crippen LogP contribution in [0.5, 0.6) is 11.5 Å². The molecule has 0 radical (unpaired) electrons. The maximum atomic E-state index is 13.3. The Morgan fingerprint density at radius 1 is 1.07 bits per heavy atom. The van der Waals surface area contributed by atoms with Crippen LogP contribution in [0.2, 0.25) is 0 Å². The highest BCUT2D eigenvalue weighted by atomic mass is 16.5. The number of ether oxygens (including phenoxy) is 2. The molecule has 0 aromatic heterocycles. The summed E-state index contributed by atoms with van der Waals surface area (Å²) < 4.78 is 11.4. The molecule has 0 unspecified atom stereocenters. The van der Waals surface area contributed by atoms with E-state index in [1.54, 1.807) is 42.5 Å². The number of fused-ring (bicyclic) bond motifs is 2. The number of nitrogens with one attached hydrogen (secondary N) is 1. The summed E-state index contributed by atoms with van der Waals surface area (Å²) in [6.45, 7) is 0.170. The van der Waals surface area contributed by atoms with E-state index in [-0.39, 0.29) is 43.8 Å². The Labute approximate surface area is 168 Å². The van der Waals surface area contributed by atoms with Gasteiger partial charge < -0.3 is 19.7 Å². The van der Waals surface area contributed by atoms with Gasteiger partial charge >= 0.3 is 0 Å². The molecule has 2 aromatic carbocycles. The molecular weight excluding hydrogens is 374 g/mol. The fourth-order valence-corrected chi connectivity index (χ4v) is 3.48. The lowest BCUT2D eigenvalue weighted by molar-refractivity contribution is -0.128. The zero-order chi connectivity index (χ0) is 20.4. The molecule has 2 aliphatic heterocycles. The Morgan fingerprint density at radius 2 is 1.76 bits per heavy atom. The van der Waals surface area contributed by atoms with Gasteiger partial charge in [-0.2, -0.15) is 0 Å². The summed E-state index contributed by atoms with van der Waals surface area (Å²) in [5.41, 5.74) is 1.14. The molecule has 4 rings (SSSR count). The number of rotatable bonds is 3. The Kier molecular flexibility index (Phi) is 5.07. The minimum atomic E-state index is -0.825. The Bertz CT molecular complexity index is 961. The van der Waals surface area contributed by atoms with Crippen molar-refractivity contribution in [2.75, 3.05) is 36.5 Å². The molecule has 1 atom stereocenters. The van der Waals surface area contributed by atoms with Gasteiger partial charge in [0.15, 0.2) is 6.10 Å². The quantitative estimate of drug-likeness (QED) is 0.848. The van der Waals surface area contributed by atoms with Crippen molar-refractivity contribution in [3.05, 3.63) is 48.5 Å². The van der Waals surface area contributed by atoms with Gasteiger partial charge in [-0.05, 0) is 24.3 Å². The van der Waals surface area contributed by atoms with Crippen LogP contribution in [0.4, 0.5) is 11.4 Å². The predicted molar refractivity (Wildman–Crippen MR) is 106 cm³/mol. The summed E-state index contributed by atoms with van der Waals surface area (Å²) >= 11 is 0.